The number of nitrogens with one attached hydrogen (secondary N) is 1. The smallest absolute Gasteiger partial charge is 0.332 e. The Kier molecular flexibility index (Phi) is 3.65. The fourth-order valence-corrected chi connectivity index (χ4v) is 1.77. The molecular weight excluding hydrogens is 258 g/mol. The van der Waals surface area contributed by atoms with Gasteiger partial charge in [0.2, 0.25) is 0 Å². The van der Waals surface area contributed by atoms with E-state index in [1.165, 1.54) is 7.05 Å². The standard InChI is InChI=1S/C14H13N3O3/c1-17(13(15)19)14(20)16-12(18)11-8-4-6-9-5-2-3-7-10(9)11/h2-8H,1H3,(H2,15,19)(H,16,18,20). The first kappa shape index (κ1) is 13.5. The van der Waals surface area contributed by atoms with Crippen LogP contribution in [0.4, 0.5) is 9.59 Å². The van der Waals surface area contributed by atoms with Gasteiger partial charge in [-0.15, -0.1) is 0 Å². The van der Waals surface area contributed by atoms with Gasteiger partial charge in [0, 0.05) is 12.6 Å². The molecule has 0 spiro atoms. The number of nitrogens with zero attached hydrogens (tertiary/aromatic N) is 1. The lowest BCUT2D eigenvalue weighted by Gasteiger charge is -2.13. The summed E-state index contributed by atoms with van der Waals surface area (Å²) in [7, 11) is 1.19. The Morgan fingerprint density at radius 1 is 1.05 bits per heavy atom. The lowest BCUT2D eigenvalue weighted by molar-refractivity contribution is 0.0959. The van der Waals surface area contributed by atoms with Crippen LogP contribution in [0.1, 0.15) is 10.4 Å². The molecule has 2 aromatic carbocycles. The molecule has 0 unspecified atom stereocenters. The van der Waals surface area contributed by atoms with Gasteiger partial charge in [-0.2, -0.15) is 0 Å². The molecule has 2 rings (SSSR count). The monoisotopic (exact) mass is 271 g/mol. The van der Waals surface area contributed by atoms with Crippen LogP contribution in [0.2, 0.25) is 0 Å². The largest absolute Gasteiger partial charge is 0.351 e. The fourth-order valence-electron chi connectivity index (χ4n) is 1.77. The number of carbonyl (C=O) groups excluding carboxylic acids is 3. The van der Waals surface area contributed by atoms with Crippen molar-refractivity contribution >= 4 is 28.7 Å². The first-order valence-corrected chi connectivity index (χ1v) is 5.87. The minimum atomic E-state index is -0.937. The van der Waals surface area contributed by atoms with Gasteiger partial charge in [0.25, 0.3) is 5.91 Å². The summed E-state index contributed by atoms with van der Waals surface area (Å²) in [6.07, 6.45) is 0. The number of fused-ring (bicyclic) bond motifs is 1. The summed E-state index contributed by atoms with van der Waals surface area (Å²) in [4.78, 5) is 35.2. The molecule has 0 saturated carbocycles. The van der Waals surface area contributed by atoms with Crippen LogP contribution in [0.5, 0.6) is 0 Å². The lowest BCUT2D eigenvalue weighted by atomic mass is 10.0. The molecule has 0 aromatic heterocycles. The maximum Gasteiger partial charge on any atom is 0.332 e. The SMILES string of the molecule is CN(C(N)=O)C(=O)NC(=O)c1cccc2ccccc12. The van der Waals surface area contributed by atoms with Crippen molar-refractivity contribution in [2.45, 2.75) is 0 Å². The van der Waals surface area contributed by atoms with Crippen LogP contribution in [0, 0.1) is 0 Å². The number of carbonyl (C=O) groups is 3. The molecule has 0 radical (unpaired) electrons. The highest BCUT2D eigenvalue weighted by atomic mass is 16.2. The first-order chi connectivity index (χ1) is 9.50. The number of rotatable bonds is 1. The molecule has 20 heavy (non-hydrogen) atoms. The van der Waals surface area contributed by atoms with Gasteiger partial charge in [-0.05, 0) is 16.8 Å². The van der Waals surface area contributed by atoms with Crippen molar-refractivity contribution in [3.8, 4) is 0 Å². The molecule has 0 aliphatic carbocycles. The normalized spacial score (nSPS) is 10.1. The molecule has 0 saturated heterocycles. The molecule has 0 aliphatic heterocycles. The number of hydrogen-bond donors (Lipinski definition) is 2. The summed E-state index contributed by atoms with van der Waals surface area (Å²) < 4.78 is 0. The first-order valence-electron chi connectivity index (χ1n) is 5.87. The highest BCUT2D eigenvalue weighted by Crippen LogP contribution is 2.18. The van der Waals surface area contributed by atoms with Crippen LogP contribution < -0.4 is 11.1 Å². The summed E-state index contributed by atoms with van der Waals surface area (Å²) in [5.41, 5.74) is 5.31. The van der Waals surface area contributed by atoms with E-state index in [0.717, 1.165) is 10.8 Å². The van der Waals surface area contributed by atoms with Gasteiger partial charge in [0.1, 0.15) is 0 Å². The van der Waals surface area contributed by atoms with Gasteiger partial charge < -0.3 is 5.73 Å². The second-order valence-corrected chi connectivity index (χ2v) is 4.18. The zero-order chi connectivity index (χ0) is 14.7. The molecule has 102 valence electrons. The number of nitrogens with two attached hydrogens (primary N) is 1. The van der Waals surface area contributed by atoms with Gasteiger partial charge >= 0.3 is 12.1 Å². The van der Waals surface area contributed by atoms with E-state index in [1.54, 1.807) is 24.3 Å². The Morgan fingerprint density at radius 3 is 2.40 bits per heavy atom. The van der Waals surface area contributed by atoms with Crippen molar-refractivity contribution in [3.63, 3.8) is 0 Å². The Bertz CT molecular complexity index is 692. The zero-order valence-electron chi connectivity index (χ0n) is 10.8. The van der Waals surface area contributed by atoms with Crippen molar-refractivity contribution in [3.05, 3.63) is 48.0 Å². The fraction of sp³-hybridized carbons (Fsp3) is 0.0714. The molecule has 0 bridgehead atoms. The van der Waals surface area contributed by atoms with E-state index < -0.39 is 18.0 Å². The summed E-state index contributed by atoms with van der Waals surface area (Å²) in [6.45, 7) is 0. The molecule has 3 N–H and O–H groups in total. The van der Waals surface area contributed by atoms with Crippen LogP contribution in [-0.4, -0.2) is 29.9 Å². The van der Waals surface area contributed by atoms with Crippen LogP contribution in [0.15, 0.2) is 42.5 Å². The third-order valence-electron chi connectivity index (χ3n) is 2.89. The number of imide groups is 2. The summed E-state index contributed by atoms with van der Waals surface area (Å²) in [5, 5.41) is 3.73. The number of urea groups is 2. The van der Waals surface area contributed by atoms with Gasteiger partial charge in [-0.25, -0.2) is 14.5 Å². The Labute approximate surface area is 115 Å². The number of benzene rings is 2. The van der Waals surface area contributed by atoms with Gasteiger partial charge in [0.05, 0.1) is 0 Å². The molecule has 6 heteroatoms. The third kappa shape index (κ3) is 2.59. The Balaban J connectivity index is 2.28. The van der Waals surface area contributed by atoms with Crippen molar-refractivity contribution < 1.29 is 14.4 Å². The number of primary amides is 1. The van der Waals surface area contributed by atoms with E-state index in [9.17, 15) is 14.4 Å². The zero-order valence-corrected chi connectivity index (χ0v) is 10.8. The van der Waals surface area contributed by atoms with Crippen LogP contribution in [0.25, 0.3) is 10.8 Å². The van der Waals surface area contributed by atoms with Gasteiger partial charge in [0.15, 0.2) is 0 Å². The van der Waals surface area contributed by atoms with Crippen LogP contribution >= 0.6 is 0 Å². The molecule has 0 aliphatic rings. The average molecular weight is 271 g/mol. The van der Waals surface area contributed by atoms with Crippen molar-refractivity contribution in [2.75, 3.05) is 7.05 Å². The second kappa shape index (κ2) is 5.40. The maximum absolute atomic E-state index is 12.1. The van der Waals surface area contributed by atoms with Crippen LogP contribution in [0.3, 0.4) is 0 Å². The van der Waals surface area contributed by atoms with E-state index in [4.69, 9.17) is 5.73 Å². The molecule has 6 nitrogen and oxygen atoms in total. The molecule has 0 atom stereocenters. The molecule has 0 fully saturated rings. The third-order valence-corrected chi connectivity index (χ3v) is 2.89. The van der Waals surface area contributed by atoms with E-state index in [-0.39, 0.29) is 0 Å². The van der Waals surface area contributed by atoms with E-state index in [2.05, 4.69) is 5.32 Å². The van der Waals surface area contributed by atoms with Crippen molar-refractivity contribution in [2.24, 2.45) is 5.73 Å². The summed E-state index contributed by atoms with van der Waals surface area (Å²) >= 11 is 0. The minimum Gasteiger partial charge on any atom is -0.351 e. The molecule has 5 amide bonds. The molecular formula is C14H13N3O3. The average Bonchev–Trinajstić information content (AvgIpc) is 2.45. The highest BCUT2D eigenvalue weighted by molar-refractivity contribution is 6.13. The topological polar surface area (TPSA) is 92.5 Å². The second-order valence-electron chi connectivity index (χ2n) is 4.18. The predicted octanol–water partition coefficient (Wildman–Crippen LogP) is 1.70. The Morgan fingerprint density at radius 2 is 1.70 bits per heavy atom. The molecule has 0 heterocycles. The van der Waals surface area contributed by atoms with Gasteiger partial charge in [-0.1, -0.05) is 36.4 Å². The predicted molar refractivity (Wildman–Crippen MR) is 74.2 cm³/mol. The molecule has 2 aromatic rings. The number of hydrogen-bond acceptors (Lipinski definition) is 3. The van der Waals surface area contributed by atoms with E-state index in [0.29, 0.717) is 10.5 Å². The quantitative estimate of drug-likeness (QED) is 0.826. The van der Waals surface area contributed by atoms with Gasteiger partial charge in [-0.3, -0.25) is 10.1 Å². The van der Waals surface area contributed by atoms with E-state index in [1.807, 2.05) is 18.2 Å². The van der Waals surface area contributed by atoms with Crippen molar-refractivity contribution in [1.82, 2.24) is 10.2 Å². The summed E-state index contributed by atoms with van der Waals surface area (Å²) in [5.74, 6) is -0.583. The van der Waals surface area contributed by atoms with Crippen molar-refractivity contribution in [1.29, 1.82) is 0 Å². The summed E-state index contributed by atoms with van der Waals surface area (Å²) in [6, 6.07) is 10.7. The Hall–Kier alpha value is -2.89. The van der Waals surface area contributed by atoms with Crippen LogP contribution in [-0.2, 0) is 0 Å². The minimum absolute atomic E-state index is 0.356. The highest BCUT2D eigenvalue weighted by Gasteiger charge is 2.18. The van der Waals surface area contributed by atoms with E-state index >= 15 is 0 Å². The lowest BCUT2D eigenvalue weighted by Crippen LogP contribution is -2.45. The maximum atomic E-state index is 12.1. The number of amides is 5.